The van der Waals surface area contributed by atoms with Crippen molar-refractivity contribution in [1.29, 1.82) is 0 Å². The van der Waals surface area contributed by atoms with E-state index in [0.717, 1.165) is 12.5 Å². The van der Waals surface area contributed by atoms with Gasteiger partial charge in [0.15, 0.2) is 10.4 Å². The molecule has 0 bridgehead atoms. The van der Waals surface area contributed by atoms with Gasteiger partial charge in [0.1, 0.15) is 4.90 Å². The summed E-state index contributed by atoms with van der Waals surface area (Å²) < 4.78 is 27.6. The van der Waals surface area contributed by atoms with Crippen LogP contribution in [0.5, 0.6) is 0 Å². The van der Waals surface area contributed by atoms with Crippen molar-refractivity contribution < 1.29 is 17.6 Å². The second-order valence-corrected chi connectivity index (χ2v) is 8.58. The maximum absolute atomic E-state index is 12.2. The number of hydrogen-bond acceptors (Lipinski definition) is 4. The monoisotopic (exact) mass is 369 g/mol. The van der Waals surface area contributed by atoms with Gasteiger partial charge in [0.25, 0.3) is 15.0 Å². The second kappa shape index (κ2) is 4.79. The zero-order valence-corrected chi connectivity index (χ0v) is 13.6. The Hall–Kier alpha value is -0.530. The first-order chi connectivity index (χ1) is 8.60. The van der Waals surface area contributed by atoms with Crippen molar-refractivity contribution >= 4 is 41.6 Å². The van der Waals surface area contributed by atoms with E-state index in [1.807, 2.05) is 0 Å². The van der Waals surface area contributed by atoms with Crippen LogP contribution in [0.1, 0.15) is 30.8 Å². The number of amides is 1. The van der Waals surface area contributed by atoms with E-state index in [0.29, 0.717) is 13.1 Å². The summed E-state index contributed by atoms with van der Waals surface area (Å²) in [5.74, 6) is -0.346. The third kappa shape index (κ3) is 3.14. The summed E-state index contributed by atoms with van der Waals surface area (Å²) in [6.07, 6.45) is 0.904. The Kier molecular flexibility index (Phi) is 3.75. The molecule has 1 fully saturated rings. The SMILES string of the molecule is CC1(C)CCN(C(=O)c2cc(S(=O)(=O)Cl)c(Br)o2)C1. The predicted octanol–water partition coefficient (Wildman–Crippen LogP) is 2.84. The second-order valence-electron chi connectivity index (χ2n) is 5.33. The molecule has 2 heterocycles. The number of nitrogens with zero attached hydrogens (tertiary/aromatic N) is 1. The Bertz CT molecular complexity index is 623. The number of likely N-dealkylation sites (tertiary alicyclic amines) is 1. The van der Waals surface area contributed by atoms with Crippen molar-refractivity contribution in [2.24, 2.45) is 5.41 Å². The fourth-order valence-corrected chi connectivity index (χ4v) is 4.10. The molecule has 8 heteroatoms. The molecule has 5 nitrogen and oxygen atoms in total. The first-order valence-corrected chi connectivity index (χ1v) is 8.74. The van der Waals surface area contributed by atoms with Gasteiger partial charge in [-0.1, -0.05) is 13.8 Å². The van der Waals surface area contributed by atoms with Crippen LogP contribution >= 0.6 is 26.6 Å². The van der Waals surface area contributed by atoms with Gasteiger partial charge in [-0.2, -0.15) is 0 Å². The average Bonchev–Trinajstić information content (AvgIpc) is 2.79. The summed E-state index contributed by atoms with van der Waals surface area (Å²) in [6, 6.07) is 1.15. The van der Waals surface area contributed by atoms with Crippen molar-refractivity contribution in [2.45, 2.75) is 25.2 Å². The molecule has 0 N–H and O–H groups in total. The average molecular weight is 371 g/mol. The minimum atomic E-state index is -3.93. The zero-order chi connectivity index (χ0) is 14.4. The Morgan fingerprint density at radius 3 is 2.58 bits per heavy atom. The summed E-state index contributed by atoms with van der Waals surface area (Å²) in [5.41, 5.74) is 0.0703. The largest absolute Gasteiger partial charge is 0.443 e. The number of rotatable bonds is 2. The highest BCUT2D eigenvalue weighted by Crippen LogP contribution is 2.33. The van der Waals surface area contributed by atoms with Crippen molar-refractivity contribution in [3.8, 4) is 0 Å². The van der Waals surface area contributed by atoms with Crippen LogP contribution in [-0.4, -0.2) is 32.3 Å². The lowest BCUT2D eigenvalue weighted by atomic mass is 9.93. The van der Waals surface area contributed by atoms with Crippen LogP contribution in [-0.2, 0) is 9.05 Å². The molecule has 0 aromatic carbocycles. The Morgan fingerprint density at radius 2 is 2.16 bits per heavy atom. The minimum Gasteiger partial charge on any atom is -0.443 e. The summed E-state index contributed by atoms with van der Waals surface area (Å²) >= 11 is 2.95. The molecular weight excluding hydrogens is 358 g/mol. The molecule has 0 spiro atoms. The number of halogens is 2. The topological polar surface area (TPSA) is 67.6 Å². The van der Waals surface area contributed by atoms with Crippen LogP contribution in [0.2, 0.25) is 0 Å². The molecule has 19 heavy (non-hydrogen) atoms. The first-order valence-electron chi connectivity index (χ1n) is 5.63. The van der Waals surface area contributed by atoms with Gasteiger partial charge in [0.2, 0.25) is 0 Å². The van der Waals surface area contributed by atoms with Crippen molar-refractivity contribution in [3.63, 3.8) is 0 Å². The standard InChI is InChI=1S/C11H13BrClNO4S/c1-11(2)3-4-14(6-11)10(15)7-5-8(9(12)18-7)19(13,16)17/h5H,3-4,6H2,1-2H3. The van der Waals surface area contributed by atoms with Crippen LogP contribution < -0.4 is 0 Å². The minimum absolute atomic E-state index is 0.0243. The molecule has 106 valence electrons. The molecule has 1 amide bonds. The van der Waals surface area contributed by atoms with E-state index < -0.39 is 9.05 Å². The highest BCUT2D eigenvalue weighted by atomic mass is 79.9. The molecule has 1 aliphatic rings. The Morgan fingerprint density at radius 1 is 1.53 bits per heavy atom. The molecular formula is C11H13BrClNO4S. The van der Waals surface area contributed by atoms with Crippen LogP contribution in [0, 0.1) is 5.41 Å². The highest BCUT2D eigenvalue weighted by Gasteiger charge is 2.34. The van der Waals surface area contributed by atoms with Crippen LogP contribution in [0.3, 0.4) is 0 Å². The molecule has 1 aromatic rings. The van der Waals surface area contributed by atoms with E-state index in [1.54, 1.807) is 4.90 Å². The van der Waals surface area contributed by atoms with Crippen LogP contribution in [0.4, 0.5) is 0 Å². The molecule has 0 unspecified atom stereocenters. The van der Waals surface area contributed by atoms with Crippen LogP contribution in [0.15, 0.2) is 20.0 Å². The van der Waals surface area contributed by atoms with E-state index in [4.69, 9.17) is 15.1 Å². The van der Waals surface area contributed by atoms with Crippen LogP contribution in [0.25, 0.3) is 0 Å². The molecule has 1 aromatic heterocycles. The zero-order valence-electron chi connectivity index (χ0n) is 10.4. The normalized spacial score (nSPS) is 18.8. The van der Waals surface area contributed by atoms with Crippen molar-refractivity contribution in [1.82, 2.24) is 4.90 Å². The van der Waals surface area contributed by atoms with Gasteiger partial charge in [0, 0.05) is 29.8 Å². The number of furan rings is 1. The van der Waals surface area contributed by atoms with Gasteiger partial charge in [-0.15, -0.1) is 0 Å². The number of hydrogen-bond donors (Lipinski definition) is 0. The maximum Gasteiger partial charge on any atom is 0.289 e. The summed E-state index contributed by atoms with van der Waals surface area (Å²) in [5, 5.41) is 0. The van der Waals surface area contributed by atoms with Gasteiger partial charge in [-0.05, 0) is 27.8 Å². The van der Waals surface area contributed by atoms with Crippen molar-refractivity contribution in [3.05, 3.63) is 16.5 Å². The predicted molar refractivity (Wildman–Crippen MR) is 73.7 cm³/mol. The smallest absolute Gasteiger partial charge is 0.289 e. The van der Waals surface area contributed by atoms with Crippen molar-refractivity contribution in [2.75, 3.05) is 13.1 Å². The molecule has 0 aliphatic carbocycles. The summed E-state index contributed by atoms with van der Waals surface area (Å²) in [7, 11) is 1.31. The van der Waals surface area contributed by atoms with E-state index in [9.17, 15) is 13.2 Å². The molecule has 2 rings (SSSR count). The lowest BCUT2D eigenvalue weighted by Crippen LogP contribution is -2.29. The maximum atomic E-state index is 12.2. The van der Waals surface area contributed by atoms with E-state index in [2.05, 4.69) is 29.8 Å². The quantitative estimate of drug-likeness (QED) is 0.751. The lowest BCUT2D eigenvalue weighted by Gasteiger charge is -2.18. The third-order valence-corrected chi connectivity index (χ3v) is 5.27. The molecule has 1 saturated heterocycles. The van der Waals surface area contributed by atoms with Gasteiger partial charge in [0.05, 0.1) is 0 Å². The van der Waals surface area contributed by atoms with Gasteiger partial charge in [-0.25, -0.2) is 8.42 Å². The third-order valence-electron chi connectivity index (χ3n) is 3.09. The molecule has 0 saturated carbocycles. The summed E-state index contributed by atoms with van der Waals surface area (Å²) in [4.78, 5) is 13.6. The Balaban J connectivity index is 2.27. The first kappa shape index (κ1) is 14.9. The lowest BCUT2D eigenvalue weighted by molar-refractivity contribution is 0.0745. The highest BCUT2D eigenvalue weighted by molar-refractivity contribution is 9.10. The van der Waals surface area contributed by atoms with E-state index in [1.165, 1.54) is 0 Å². The number of carbonyl (C=O) groups excluding carboxylic acids is 1. The fourth-order valence-electron chi connectivity index (χ4n) is 2.07. The fraction of sp³-hybridized carbons (Fsp3) is 0.545. The van der Waals surface area contributed by atoms with Gasteiger partial charge < -0.3 is 9.32 Å². The summed E-state index contributed by atoms with van der Waals surface area (Å²) in [6.45, 7) is 5.40. The van der Waals surface area contributed by atoms with Gasteiger partial charge in [-0.3, -0.25) is 4.79 Å². The van der Waals surface area contributed by atoms with Gasteiger partial charge >= 0.3 is 0 Å². The molecule has 0 atom stereocenters. The number of carbonyl (C=O) groups is 1. The Labute approximate surface area is 124 Å². The molecule has 0 radical (unpaired) electrons. The van der Waals surface area contributed by atoms with E-state index in [-0.39, 0.29) is 26.6 Å². The van der Waals surface area contributed by atoms with E-state index >= 15 is 0 Å². The molecule has 1 aliphatic heterocycles.